The van der Waals surface area contributed by atoms with Crippen LogP contribution >= 0.6 is 11.3 Å². The van der Waals surface area contributed by atoms with Gasteiger partial charge >= 0.3 is 0 Å². The summed E-state index contributed by atoms with van der Waals surface area (Å²) >= 11 is 1.78. The van der Waals surface area contributed by atoms with Gasteiger partial charge in [-0.2, -0.15) is 0 Å². The van der Waals surface area contributed by atoms with Crippen molar-refractivity contribution in [3.05, 3.63) is 58.0 Å². The van der Waals surface area contributed by atoms with Gasteiger partial charge in [0.25, 0.3) is 5.91 Å². The Labute approximate surface area is 169 Å². The minimum atomic E-state index is -0.316. The van der Waals surface area contributed by atoms with Gasteiger partial charge < -0.3 is 9.64 Å². The lowest BCUT2D eigenvalue weighted by Crippen LogP contribution is -2.50. The van der Waals surface area contributed by atoms with Crippen LogP contribution in [0.15, 0.2) is 41.8 Å². The molecule has 4 nitrogen and oxygen atoms in total. The molecule has 4 rings (SSSR count). The summed E-state index contributed by atoms with van der Waals surface area (Å²) < 4.78 is 19.3. The molecule has 0 spiro atoms. The Morgan fingerprint density at radius 2 is 2.00 bits per heavy atom. The van der Waals surface area contributed by atoms with E-state index in [1.807, 2.05) is 4.90 Å². The molecule has 2 aliphatic rings. The van der Waals surface area contributed by atoms with Crippen molar-refractivity contribution in [1.29, 1.82) is 0 Å². The molecule has 150 valence electrons. The minimum absolute atomic E-state index is 0.00844. The molecule has 0 unspecified atom stereocenters. The first kappa shape index (κ1) is 19.6. The Morgan fingerprint density at radius 3 is 2.71 bits per heavy atom. The van der Waals surface area contributed by atoms with Crippen LogP contribution in [0, 0.1) is 5.82 Å². The molecular formula is C22H27FN2O2S. The zero-order valence-electron chi connectivity index (χ0n) is 16.1. The molecule has 2 aromatic rings. The third-order valence-corrected chi connectivity index (χ3v) is 6.56. The van der Waals surface area contributed by atoms with E-state index in [-0.39, 0.29) is 23.9 Å². The summed E-state index contributed by atoms with van der Waals surface area (Å²) in [5.74, 6) is -0.324. The maximum Gasteiger partial charge on any atom is 0.254 e. The summed E-state index contributed by atoms with van der Waals surface area (Å²) in [5, 5.41) is 2.11. The van der Waals surface area contributed by atoms with Gasteiger partial charge in [0, 0.05) is 42.7 Å². The van der Waals surface area contributed by atoms with Gasteiger partial charge in [0.05, 0.1) is 12.7 Å². The number of rotatable bonds is 6. The van der Waals surface area contributed by atoms with Crippen LogP contribution in [0.2, 0.25) is 0 Å². The minimum Gasteiger partial charge on any atom is -0.374 e. The molecule has 1 aromatic heterocycles. The van der Waals surface area contributed by atoms with Crippen molar-refractivity contribution in [2.45, 2.75) is 44.4 Å². The van der Waals surface area contributed by atoms with Crippen LogP contribution in [0.25, 0.3) is 0 Å². The Balaban J connectivity index is 1.44. The molecule has 1 saturated carbocycles. The first-order chi connectivity index (χ1) is 13.7. The van der Waals surface area contributed by atoms with E-state index in [9.17, 15) is 9.18 Å². The van der Waals surface area contributed by atoms with E-state index in [1.165, 1.54) is 17.0 Å². The molecule has 0 bridgehead atoms. The predicted octanol–water partition coefficient (Wildman–Crippen LogP) is 4.17. The second-order valence-corrected chi connectivity index (χ2v) is 8.74. The number of thiophene rings is 1. The highest BCUT2D eigenvalue weighted by molar-refractivity contribution is 7.09. The second-order valence-electron chi connectivity index (χ2n) is 7.71. The lowest BCUT2D eigenvalue weighted by atomic mass is 10.1. The lowest BCUT2D eigenvalue weighted by Gasteiger charge is -2.37. The average molecular weight is 403 g/mol. The zero-order chi connectivity index (χ0) is 19.3. The molecule has 2 heterocycles. The molecule has 28 heavy (non-hydrogen) atoms. The highest BCUT2D eigenvalue weighted by Crippen LogP contribution is 2.26. The fourth-order valence-electron chi connectivity index (χ4n) is 4.25. The van der Waals surface area contributed by atoms with Crippen molar-refractivity contribution in [2.75, 3.05) is 26.2 Å². The van der Waals surface area contributed by atoms with Gasteiger partial charge in [-0.25, -0.2) is 4.39 Å². The van der Waals surface area contributed by atoms with Crippen molar-refractivity contribution in [3.8, 4) is 0 Å². The van der Waals surface area contributed by atoms with Crippen molar-refractivity contribution < 1.29 is 13.9 Å². The summed E-state index contributed by atoms with van der Waals surface area (Å²) in [6, 6.07) is 10.4. The summed E-state index contributed by atoms with van der Waals surface area (Å²) in [4.78, 5) is 18.9. The monoisotopic (exact) mass is 402 g/mol. The van der Waals surface area contributed by atoms with Gasteiger partial charge in [-0.1, -0.05) is 18.9 Å². The largest absolute Gasteiger partial charge is 0.374 e. The van der Waals surface area contributed by atoms with E-state index < -0.39 is 0 Å². The highest BCUT2D eigenvalue weighted by atomic mass is 32.1. The third kappa shape index (κ3) is 4.80. The van der Waals surface area contributed by atoms with E-state index in [2.05, 4.69) is 22.4 Å². The molecule has 1 atom stereocenters. The summed E-state index contributed by atoms with van der Waals surface area (Å²) in [5.41, 5.74) is 0.555. The fraction of sp³-hybridized carbons (Fsp3) is 0.500. The molecule has 1 aromatic carbocycles. The predicted molar refractivity (Wildman–Crippen MR) is 109 cm³/mol. The quantitative estimate of drug-likeness (QED) is 0.727. The zero-order valence-corrected chi connectivity index (χ0v) is 16.9. The lowest BCUT2D eigenvalue weighted by molar-refractivity contribution is -0.0466. The average Bonchev–Trinajstić information content (AvgIpc) is 3.41. The first-order valence-electron chi connectivity index (χ1n) is 10.1. The fourth-order valence-corrected chi connectivity index (χ4v) is 5.00. The van der Waals surface area contributed by atoms with E-state index >= 15 is 0 Å². The number of amides is 1. The number of hydrogen-bond donors (Lipinski definition) is 0. The van der Waals surface area contributed by atoms with E-state index in [0.717, 1.165) is 45.3 Å². The van der Waals surface area contributed by atoms with Crippen LogP contribution in [0.4, 0.5) is 4.39 Å². The molecular weight excluding hydrogens is 375 g/mol. The second kappa shape index (κ2) is 9.16. The first-order valence-corrected chi connectivity index (χ1v) is 11.0. The van der Waals surface area contributed by atoms with Crippen LogP contribution in [0.5, 0.6) is 0 Å². The number of carbonyl (C=O) groups excluding carboxylic acids is 1. The van der Waals surface area contributed by atoms with Crippen LogP contribution in [0.1, 0.15) is 40.9 Å². The summed E-state index contributed by atoms with van der Waals surface area (Å²) in [6.07, 6.45) is 4.41. The molecule has 1 saturated heterocycles. The third-order valence-electron chi connectivity index (χ3n) is 5.70. The standard InChI is InChI=1S/C22H27FN2O2S/c23-18-9-7-17(8-10-18)22(26)25(19-4-1-2-5-19)15-20-14-24(11-12-27-20)16-21-6-3-13-28-21/h3,6-10,13,19-20H,1-2,4-5,11-12,14-16H2/t20-/m1/s1. The van der Waals surface area contributed by atoms with Crippen LogP contribution in [-0.2, 0) is 11.3 Å². The Hall–Kier alpha value is -1.76. The SMILES string of the molecule is O=C(c1ccc(F)cc1)N(C[C@H]1CN(Cc2cccs2)CCO1)C1CCCC1. The van der Waals surface area contributed by atoms with Gasteiger partial charge in [0.15, 0.2) is 0 Å². The number of morpholine rings is 1. The number of nitrogens with zero attached hydrogens (tertiary/aromatic N) is 2. The van der Waals surface area contributed by atoms with Gasteiger partial charge in [-0.05, 0) is 48.6 Å². The van der Waals surface area contributed by atoms with Crippen molar-refractivity contribution in [3.63, 3.8) is 0 Å². The molecule has 1 aliphatic heterocycles. The molecule has 6 heteroatoms. The van der Waals surface area contributed by atoms with Crippen LogP contribution < -0.4 is 0 Å². The summed E-state index contributed by atoms with van der Waals surface area (Å²) in [7, 11) is 0. The number of halogens is 1. The number of benzene rings is 1. The normalized spacial score (nSPS) is 21.1. The smallest absolute Gasteiger partial charge is 0.254 e. The highest BCUT2D eigenvalue weighted by Gasteiger charge is 2.31. The topological polar surface area (TPSA) is 32.8 Å². The van der Waals surface area contributed by atoms with E-state index in [4.69, 9.17) is 4.74 Å². The maximum atomic E-state index is 13.3. The van der Waals surface area contributed by atoms with Crippen molar-refractivity contribution in [2.24, 2.45) is 0 Å². The van der Waals surface area contributed by atoms with Crippen molar-refractivity contribution >= 4 is 17.2 Å². The summed E-state index contributed by atoms with van der Waals surface area (Å²) in [6.45, 7) is 3.98. The van der Waals surface area contributed by atoms with Crippen LogP contribution in [0.3, 0.4) is 0 Å². The van der Waals surface area contributed by atoms with Crippen LogP contribution in [-0.4, -0.2) is 54.1 Å². The van der Waals surface area contributed by atoms with Gasteiger partial charge in [-0.3, -0.25) is 9.69 Å². The van der Waals surface area contributed by atoms with E-state index in [1.54, 1.807) is 23.5 Å². The Kier molecular flexibility index (Phi) is 6.40. The molecule has 0 N–H and O–H groups in total. The Bertz CT molecular complexity index is 759. The van der Waals surface area contributed by atoms with Gasteiger partial charge in [0.1, 0.15) is 5.82 Å². The molecule has 0 radical (unpaired) electrons. The maximum absolute atomic E-state index is 13.3. The molecule has 1 aliphatic carbocycles. The molecule has 2 fully saturated rings. The number of carbonyl (C=O) groups is 1. The molecule has 1 amide bonds. The van der Waals surface area contributed by atoms with E-state index in [0.29, 0.717) is 18.7 Å². The Morgan fingerprint density at radius 1 is 1.21 bits per heavy atom. The van der Waals surface area contributed by atoms with Crippen molar-refractivity contribution in [1.82, 2.24) is 9.80 Å². The number of hydrogen-bond acceptors (Lipinski definition) is 4. The number of ether oxygens (including phenoxy) is 1. The van der Waals surface area contributed by atoms with Gasteiger partial charge in [0.2, 0.25) is 0 Å². The van der Waals surface area contributed by atoms with Gasteiger partial charge in [-0.15, -0.1) is 11.3 Å².